The highest BCUT2D eigenvalue weighted by atomic mass is 79.9. The van der Waals surface area contributed by atoms with Crippen LogP contribution in [0.1, 0.15) is 16.7 Å². The second kappa shape index (κ2) is 10.6. The molecule has 0 heterocycles. The van der Waals surface area contributed by atoms with Crippen molar-refractivity contribution in [2.75, 3.05) is 5.32 Å². The van der Waals surface area contributed by atoms with Crippen LogP contribution in [0.5, 0.6) is 5.75 Å². The molecule has 0 aliphatic rings. The van der Waals surface area contributed by atoms with Gasteiger partial charge in [-0.15, -0.1) is 0 Å². The van der Waals surface area contributed by atoms with Crippen LogP contribution in [-0.2, 0) is 17.6 Å². The smallest absolute Gasteiger partial charge is 0.416 e. The number of nitrogens with zero attached hydrogens (tertiary/aromatic N) is 1. The quantitative estimate of drug-likeness (QED) is 0.267. The van der Waals surface area contributed by atoms with Crippen molar-refractivity contribution in [3.8, 4) is 11.8 Å². The lowest BCUT2D eigenvalue weighted by Crippen LogP contribution is -2.14. The van der Waals surface area contributed by atoms with Gasteiger partial charge in [0.1, 0.15) is 24.0 Å². The zero-order valence-corrected chi connectivity index (χ0v) is 19.1. The molecule has 0 saturated heterocycles. The third-order valence-electron chi connectivity index (χ3n) is 4.42. The minimum Gasteiger partial charge on any atom is -0.488 e. The topological polar surface area (TPSA) is 62.1 Å². The van der Waals surface area contributed by atoms with E-state index in [1.54, 1.807) is 30.3 Å². The van der Waals surface area contributed by atoms with Crippen molar-refractivity contribution in [2.45, 2.75) is 12.8 Å². The normalized spacial score (nSPS) is 11.6. The van der Waals surface area contributed by atoms with Crippen LogP contribution in [0.2, 0.25) is 5.02 Å². The van der Waals surface area contributed by atoms with E-state index in [0.717, 1.165) is 17.7 Å². The van der Waals surface area contributed by atoms with Crippen LogP contribution in [0.3, 0.4) is 0 Å². The first-order chi connectivity index (χ1) is 15.7. The minimum atomic E-state index is -4.55. The molecule has 1 N–H and O–H groups in total. The van der Waals surface area contributed by atoms with Crippen molar-refractivity contribution >= 4 is 45.2 Å². The molecule has 4 nitrogen and oxygen atoms in total. The van der Waals surface area contributed by atoms with Crippen molar-refractivity contribution in [1.29, 1.82) is 5.26 Å². The van der Waals surface area contributed by atoms with E-state index >= 15 is 0 Å². The Morgan fingerprint density at radius 3 is 2.55 bits per heavy atom. The number of carbonyl (C=O) groups excluding carboxylic acids is 1. The van der Waals surface area contributed by atoms with Gasteiger partial charge in [-0.2, -0.15) is 18.4 Å². The summed E-state index contributed by atoms with van der Waals surface area (Å²) in [6, 6.07) is 18.2. The van der Waals surface area contributed by atoms with Crippen LogP contribution in [0.15, 0.2) is 76.8 Å². The third kappa shape index (κ3) is 6.60. The zero-order valence-electron chi connectivity index (χ0n) is 16.8. The van der Waals surface area contributed by atoms with E-state index in [4.69, 9.17) is 16.3 Å². The summed E-state index contributed by atoms with van der Waals surface area (Å²) in [7, 11) is 0. The van der Waals surface area contributed by atoms with Gasteiger partial charge in [0.2, 0.25) is 0 Å². The molecule has 0 spiro atoms. The van der Waals surface area contributed by atoms with Gasteiger partial charge in [-0.1, -0.05) is 41.9 Å². The molecule has 0 radical (unpaired) electrons. The fourth-order valence-electron chi connectivity index (χ4n) is 2.78. The Hall–Kier alpha value is -3.28. The van der Waals surface area contributed by atoms with Crippen LogP contribution >= 0.6 is 27.5 Å². The van der Waals surface area contributed by atoms with Crippen LogP contribution < -0.4 is 10.1 Å². The summed E-state index contributed by atoms with van der Waals surface area (Å²) in [4.78, 5) is 12.4. The largest absolute Gasteiger partial charge is 0.488 e. The van der Waals surface area contributed by atoms with Gasteiger partial charge in [0, 0.05) is 16.3 Å². The lowest BCUT2D eigenvalue weighted by Gasteiger charge is -2.11. The van der Waals surface area contributed by atoms with Gasteiger partial charge in [0.25, 0.3) is 5.91 Å². The number of hydrogen-bond donors (Lipinski definition) is 1. The molecule has 33 heavy (non-hydrogen) atoms. The van der Waals surface area contributed by atoms with E-state index in [2.05, 4.69) is 21.2 Å². The number of anilines is 1. The fourth-order valence-corrected chi connectivity index (χ4v) is 3.48. The molecule has 0 aliphatic carbocycles. The van der Waals surface area contributed by atoms with Crippen molar-refractivity contribution < 1.29 is 22.7 Å². The molecular weight excluding hydrogens is 521 g/mol. The summed E-state index contributed by atoms with van der Waals surface area (Å²) >= 11 is 9.51. The van der Waals surface area contributed by atoms with Gasteiger partial charge in [0.05, 0.1) is 10.0 Å². The van der Waals surface area contributed by atoms with Crippen molar-refractivity contribution in [1.82, 2.24) is 0 Å². The van der Waals surface area contributed by atoms with Gasteiger partial charge < -0.3 is 10.1 Å². The Kier molecular flexibility index (Phi) is 7.79. The van der Waals surface area contributed by atoms with Gasteiger partial charge in [-0.05, 0) is 64.0 Å². The number of rotatable bonds is 6. The molecule has 0 aliphatic heterocycles. The fraction of sp³-hybridized carbons (Fsp3) is 0.0833. The highest BCUT2D eigenvalue weighted by Gasteiger charge is 2.30. The van der Waals surface area contributed by atoms with E-state index in [0.29, 0.717) is 20.8 Å². The molecule has 0 unspecified atom stereocenters. The summed E-state index contributed by atoms with van der Waals surface area (Å²) in [5, 5.41) is 12.3. The number of alkyl halides is 3. The Balaban J connectivity index is 1.73. The van der Waals surface area contributed by atoms with Crippen molar-refractivity contribution in [3.63, 3.8) is 0 Å². The number of amides is 1. The molecule has 168 valence electrons. The average molecular weight is 536 g/mol. The standard InChI is InChI=1S/C24H15BrClF3N2O2/c25-20-11-15(8-9-22(20)33-14-16-4-1-2-7-21(16)26)10-17(13-30)23(32)31-19-6-3-5-18(12-19)24(27,28)29/h1-12H,14H2,(H,31,32)/b17-10+. The summed E-state index contributed by atoms with van der Waals surface area (Å²) in [5.74, 6) is -0.300. The van der Waals surface area contributed by atoms with Gasteiger partial charge >= 0.3 is 6.18 Å². The van der Waals surface area contributed by atoms with E-state index < -0.39 is 17.6 Å². The Morgan fingerprint density at radius 1 is 1.12 bits per heavy atom. The minimum absolute atomic E-state index is 0.0690. The van der Waals surface area contributed by atoms with Crippen molar-refractivity contribution in [2.24, 2.45) is 0 Å². The predicted molar refractivity (Wildman–Crippen MR) is 124 cm³/mol. The van der Waals surface area contributed by atoms with Gasteiger partial charge in [-0.25, -0.2) is 0 Å². The maximum absolute atomic E-state index is 12.9. The maximum atomic E-state index is 12.9. The Morgan fingerprint density at radius 2 is 1.88 bits per heavy atom. The highest BCUT2D eigenvalue weighted by Crippen LogP contribution is 2.31. The highest BCUT2D eigenvalue weighted by molar-refractivity contribution is 9.10. The Bertz CT molecular complexity index is 1250. The molecule has 0 bridgehead atoms. The number of halogens is 5. The third-order valence-corrected chi connectivity index (χ3v) is 5.41. The van der Waals surface area contributed by atoms with Crippen LogP contribution in [-0.4, -0.2) is 5.91 Å². The second-order valence-electron chi connectivity index (χ2n) is 6.77. The molecule has 3 rings (SSSR count). The molecule has 0 saturated carbocycles. The van der Waals surface area contributed by atoms with E-state index in [1.807, 2.05) is 18.2 Å². The number of hydrogen-bond acceptors (Lipinski definition) is 3. The van der Waals surface area contributed by atoms with Crippen LogP contribution in [0.25, 0.3) is 6.08 Å². The molecule has 1 amide bonds. The number of ether oxygens (including phenoxy) is 1. The van der Waals surface area contributed by atoms with E-state index in [-0.39, 0.29) is 17.9 Å². The van der Waals surface area contributed by atoms with Crippen molar-refractivity contribution in [3.05, 3.63) is 98.5 Å². The van der Waals surface area contributed by atoms with Gasteiger partial charge in [-0.3, -0.25) is 4.79 Å². The molecular formula is C24H15BrClF3N2O2. The van der Waals surface area contributed by atoms with E-state index in [9.17, 15) is 23.2 Å². The maximum Gasteiger partial charge on any atom is 0.416 e. The molecule has 3 aromatic rings. The summed E-state index contributed by atoms with van der Waals surface area (Å²) in [5.41, 5.74) is 0.0828. The van der Waals surface area contributed by atoms with Crippen LogP contribution in [0, 0.1) is 11.3 Å². The number of carbonyl (C=O) groups is 1. The first-order valence-electron chi connectivity index (χ1n) is 9.43. The van der Waals surface area contributed by atoms with E-state index in [1.165, 1.54) is 18.2 Å². The first-order valence-corrected chi connectivity index (χ1v) is 10.6. The monoisotopic (exact) mass is 534 g/mol. The SMILES string of the molecule is N#C/C(=C\c1ccc(OCc2ccccc2Cl)c(Br)c1)C(=O)Nc1cccc(C(F)(F)F)c1. The lowest BCUT2D eigenvalue weighted by atomic mass is 10.1. The first kappa shape index (κ1) is 24.4. The zero-order chi connectivity index (χ0) is 24.0. The van der Waals surface area contributed by atoms with Gasteiger partial charge in [0.15, 0.2) is 0 Å². The number of nitrogens with one attached hydrogen (secondary N) is 1. The molecule has 3 aromatic carbocycles. The number of benzene rings is 3. The average Bonchev–Trinajstić information content (AvgIpc) is 2.77. The summed E-state index contributed by atoms with van der Waals surface area (Å²) < 4.78 is 44.9. The second-order valence-corrected chi connectivity index (χ2v) is 8.03. The Labute approximate surface area is 201 Å². The summed E-state index contributed by atoms with van der Waals surface area (Å²) in [6.45, 7) is 0.246. The van der Waals surface area contributed by atoms with Crippen LogP contribution in [0.4, 0.5) is 18.9 Å². The molecule has 0 fully saturated rings. The molecule has 0 aromatic heterocycles. The molecule has 9 heteroatoms. The lowest BCUT2D eigenvalue weighted by molar-refractivity contribution is -0.137. The molecule has 0 atom stereocenters. The summed E-state index contributed by atoms with van der Waals surface area (Å²) in [6.07, 6.45) is -3.22. The predicted octanol–water partition coefficient (Wildman–Crippen LogP) is 7.25. The number of nitriles is 1.